The molecule has 0 N–H and O–H groups in total. The Morgan fingerprint density at radius 2 is 1.29 bits per heavy atom. The molecule has 1 saturated carbocycles. The molecule has 344 valence electrons. The van der Waals surface area contributed by atoms with Crippen molar-refractivity contribution in [3.63, 3.8) is 0 Å². The molecule has 5 aromatic carbocycles. The highest BCUT2D eigenvalue weighted by Crippen LogP contribution is 2.52. The van der Waals surface area contributed by atoms with Crippen LogP contribution >= 0.6 is 0 Å². The Hall–Kier alpha value is -7.40. The van der Waals surface area contributed by atoms with Gasteiger partial charge in [0.1, 0.15) is 0 Å². The lowest BCUT2D eigenvalue weighted by atomic mass is 9.75. The van der Waals surface area contributed by atoms with E-state index in [0.717, 1.165) is 75.6 Å². The van der Waals surface area contributed by atoms with Gasteiger partial charge < -0.3 is 9.80 Å². The minimum Gasteiger partial charge on any atom is -0.334 e. The Balaban J connectivity index is 1.03. The Labute approximate surface area is 414 Å². The van der Waals surface area contributed by atoms with Crippen molar-refractivity contribution in [1.82, 2.24) is 0 Å². The number of hydrogen-bond acceptors (Lipinski definition) is 4. The first-order valence-corrected chi connectivity index (χ1v) is 26.1. The van der Waals surface area contributed by atoms with Crippen LogP contribution in [0.15, 0.2) is 181 Å². The molecule has 4 nitrogen and oxygen atoms in total. The van der Waals surface area contributed by atoms with Gasteiger partial charge in [0.05, 0.1) is 35.3 Å². The van der Waals surface area contributed by atoms with Crippen molar-refractivity contribution in [3.8, 4) is 12.1 Å². The van der Waals surface area contributed by atoms with Crippen molar-refractivity contribution in [2.75, 3.05) is 9.80 Å². The summed E-state index contributed by atoms with van der Waals surface area (Å²) in [6.45, 7) is 0. The normalized spacial score (nSPS) is 20.5. The molecule has 12 rings (SSSR count). The lowest BCUT2D eigenvalue weighted by Gasteiger charge is -2.41. The van der Waals surface area contributed by atoms with E-state index in [1.54, 1.807) is 5.57 Å². The number of allylic oxidation sites excluding steroid dienone is 15. The lowest BCUT2D eigenvalue weighted by molar-refractivity contribution is 0.391. The van der Waals surface area contributed by atoms with Crippen LogP contribution < -0.4 is 9.80 Å². The molecule has 2 atom stereocenters. The van der Waals surface area contributed by atoms with E-state index in [4.69, 9.17) is 0 Å². The third kappa shape index (κ3) is 8.35. The molecule has 4 heteroatoms. The number of anilines is 4. The van der Waals surface area contributed by atoms with Gasteiger partial charge in [-0.3, -0.25) is 0 Å². The Morgan fingerprint density at radius 1 is 0.571 bits per heavy atom. The number of rotatable bonds is 10. The fourth-order valence-electron chi connectivity index (χ4n) is 12.7. The van der Waals surface area contributed by atoms with Gasteiger partial charge in [0.2, 0.25) is 0 Å². The maximum Gasteiger partial charge on any atom is 0.0991 e. The van der Waals surface area contributed by atoms with Crippen LogP contribution in [0, 0.1) is 28.6 Å². The molecular weight excluding hydrogens is 849 g/mol. The predicted octanol–water partition coefficient (Wildman–Crippen LogP) is 17.3. The van der Waals surface area contributed by atoms with E-state index in [9.17, 15) is 10.5 Å². The molecule has 1 fully saturated rings. The first kappa shape index (κ1) is 43.9. The van der Waals surface area contributed by atoms with Gasteiger partial charge >= 0.3 is 0 Å². The van der Waals surface area contributed by atoms with E-state index in [-0.39, 0.29) is 12.1 Å². The van der Waals surface area contributed by atoms with Gasteiger partial charge in [-0.15, -0.1) is 0 Å². The van der Waals surface area contributed by atoms with Gasteiger partial charge in [-0.25, -0.2) is 0 Å². The average molecular weight is 909 g/mol. The van der Waals surface area contributed by atoms with E-state index in [1.165, 1.54) is 110 Å². The minimum absolute atomic E-state index is 0.0170. The smallest absolute Gasteiger partial charge is 0.0991 e. The molecule has 0 bridgehead atoms. The van der Waals surface area contributed by atoms with Crippen LogP contribution in [-0.4, -0.2) is 6.04 Å². The number of nitrogens with zero attached hydrogens (tertiary/aromatic N) is 4. The van der Waals surface area contributed by atoms with Gasteiger partial charge in [0.15, 0.2) is 0 Å². The highest BCUT2D eigenvalue weighted by atomic mass is 15.2. The van der Waals surface area contributed by atoms with E-state index in [1.807, 2.05) is 24.3 Å². The van der Waals surface area contributed by atoms with Crippen LogP contribution in [0.5, 0.6) is 0 Å². The summed E-state index contributed by atoms with van der Waals surface area (Å²) in [6, 6.07) is 38.3. The quantitative estimate of drug-likeness (QED) is 0.140. The Kier molecular flexibility index (Phi) is 12.0. The molecule has 0 spiro atoms. The molecule has 70 heavy (non-hydrogen) atoms. The van der Waals surface area contributed by atoms with Crippen molar-refractivity contribution >= 4 is 50.2 Å². The monoisotopic (exact) mass is 908 g/mol. The summed E-state index contributed by atoms with van der Waals surface area (Å²) in [5.41, 5.74) is 21.1. The van der Waals surface area contributed by atoms with Crippen LogP contribution in [0.1, 0.15) is 135 Å². The van der Waals surface area contributed by atoms with Gasteiger partial charge in [-0.2, -0.15) is 10.5 Å². The van der Waals surface area contributed by atoms with E-state index in [0.29, 0.717) is 17.0 Å². The largest absolute Gasteiger partial charge is 0.334 e. The summed E-state index contributed by atoms with van der Waals surface area (Å²) in [6.07, 6.45) is 45.3. The highest BCUT2D eigenvalue weighted by Gasteiger charge is 2.35. The molecule has 0 aliphatic heterocycles. The maximum atomic E-state index is 9.96. The summed E-state index contributed by atoms with van der Waals surface area (Å²) >= 11 is 0. The zero-order valence-electron chi connectivity index (χ0n) is 40.2. The number of benzene rings is 5. The van der Waals surface area contributed by atoms with E-state index < -0.39 is 0 Å². The third-order valence-corrected chi connectivity index (χ3v) is 16.2. The second-order valence-electron chi connectivity index (χ2n) is 20.4. The fourth-order valence-corrected chi connectivity index (χ4v) is 12.7. The van der Waals surface area contributed by atoms with Crippen molar-refractivity contribution in [2.24, 2.45) is 5.92 Å². The van der Waals surface area contributed by atoms with Crippen LogP contribution in [0.25, 0.3) is 27.5 Å². The molecule has 0 aromatic heterocycles. The van der Waals surface area contributed by atoms with E-state index in [2.05, 4.69) is 162 Å². The van der Waals surface area contributed by atoms with Gasteiger partial charge in [0, 0.05) is 22.7 Å². The second-order valence-corrected chi connectivity index (χ2v) is 20.4. The molecule has 7 aliphatic carbocycles. The zero-order chi connectivity index (χ0) is 47.0. The Bertz CT molecular complexity index is 3270. The third-order valence-electron chi connectivity index (χ3n) is 16.2. The van der Waals surface area contributed by atoms with Crippen molar-refractivity contribution in [3.05, 3.63) is 220 Å². The summed E-state index contributed by atoms with van der Waals surface area (Å²) in [5, 5.41) is 22.6. The van der Waals surface area contributed by atoms with Crippen molar-refractivity contribution in [2.45, 2.75) is 108 Å². The summed E-state index contributed by atoms with van der Waals surface area (Å²) in [4.78, 5) is 5.22. The van der Waals surface area contributed by atoms with Crippen LogP contribution in [0.3, 0.4) is 0 Å². The maximum absolute atomic E-state index is 9.96. The van der Waals surface area contributed by atoms with Crippen LogP contribution in [-0.2, 0) is 6.42 Å². The van der Waals surface area contributed by atoms with Crippen LogP contribution in [0.2, 0.25) is 0 Å². The molecule has 0 amide bonds. The fraction of sp³-hybridized carbons (Fsp3) is 0.273. The molecule has 7 aliphatic rings. The minimum atomic E-state index is 0.0170. The standard InChI is InChI=1S/C66H60N4/c67-43-45-21-29-57(30-22-45)69(59-39-53(47-13-5-1-6-14-47)37-54(40-59)48-15-7-2-8-16-48)63-35-27-51-26-34-62-64(36-28-52-25-33-61(63)65(51)66(52)62)70(58-31-23-46(44-68)24-32-58)60-41-55(49-17-9-3-10-18-49)38-56(42-60)50-19-11-4-12-20-50/h1,5,7,9,13,15-18,21-25,27-33,36-41,50,60,63H,2-4,6,8,10-12,14,19-20,26,34-35,42H2. The lowest BCUT2D eigenvalue weighted by Crippen LogP contribution is -2.34. The predicted molar refractivity (Wildman–Crippen MR) is 291 cm³/mol. The summed E-state index contributed by atoms with van der Waals surface area (Å²) in [5.74, 6) is 0.616. The van der Waals surface area contributed by atoms with E-state index >= 15 is 0 Å². The molecule has 2 unspecified atom stereocenters. The average Bonchev–Trinajstić information content (AvgIpc) is 3.44. The number of hydrogen-bond donors (Lipinski definition) is 0. The molecule has 0 heterocycles. The first-order chi connectivity index (χ1) is 34.6. The number of nitriles is 2. The highest BCUT2D eigenvalue weighted by molar-refractivity contribution is 6.03. The zero-order valence-corrected chi connectivity index (χ0v) is 40.2. The second kappa shape index (κ2) is 19.2. The van der Waals surface area contributed by atoms with Gasteiger partial charge in [-0.1, -0.05) is 116 Å². The topological polar surface area (TPSA) is 54.1 Å². The van der Waals surface area contributed by atoms with Gasteiger partial charge in [-0.05, 0) is 222 Å². The Morgan fingerprint density at radius 3 is 1.99 bits per heavy atom. The van der Waals surface area contributed by atoms with Crippen molar-refractivity contribution < 1.29 is 0 Å². The molecule has 5 aromatic rings. The number of aryl methyl sites for hydroxylation is 1. The first-order valence-electron chi connectivity index (χ1n) is 26.1. The summed E-state index contributed by atoms with van der Waals surface area (Å²) < 4.78 is 0. The van der Waals surface area contributed by atoms with Crippen molar-refractivity contribution in [1.29, 1.82) is 10.5 Å². The molecule has 0 saturated heterocycles. The SMILES string of the molecule is N#Cc1ccc(N(c2ccc3ccc4c5c3c2CCC5=CCC4N(c2ccc(C#N)cc2)c2cc(C3=CCCC=C3)cc(C3=CC=CCC3)c2)C2C=C(C3=CCCC=C3)C=C(C3CCCCC3)C2)cc1. The summed E-state index contributed by atoms with van der Waals surface area (Å²) in [7, 11) is 0. The van der Waals surface area contributed by atoms with Gasteiger partial charge in [0.25, 0.3) is 0 Å². The van der Waals surface area contributed by atoms with Crippen LogP contribution in [0.4, 0.5) is 22.7 Å². The molecule has 0 radical (unpaired) electrons. The molecular formula is C66H60N4.